The van der Waals surface area contributed by atoms with E-state index in [2.05, 4.69) is 4.98 Å². The van der Waals surface area contributed by atoms with Gasteiger partial charge in [-0.3, -0.25) is 19.5 Å². The molecule has 35 heavy (non-hydrogen) atoms. The minimum absolute atomic E-state index is 0.00717. The first-order valence-electron chi connectivity index (χ1n) is 10.6. The summed E-state index contributed by atoms with van der Waals surface area (Å²) in [6.07, 6.45) is -2.92. The predicted octanol–water partition coefficient (Wildman–Crippen LogP) is 6.88. The molecule has 0 saturated heterocycles. The molecule has 0 aliphatic carbocycles. The molecule has 0 fully saturated rings. The number of amides is 2. The molecule has 1 aromatic heterocycles. The summed E-state index contributed by atoms with van der Waals surface area (Å²) in [5.41, 5.74) is 2.88. The van der Waals surface area contributed by atoms with Crippen molar-refractivity contribution >= 4 is 23.4 Å². The lowest BCUT2D eigenvalue weighted by Gasteiger charge is -2.17. The number of alkyl halides is 3. The highest BCUT2D eigenvalue weighted by atomic mass is 35.5. The summed E-state index contributed by atoms with van der Waals surface area (Å²) < 4.78 is 39.1. The van der Waals surface area contributed by atoms with Crippen LogP contribution < -0.4 is 0 Å². The van der Waals surface area contributed by atoms with Gasteiger partial charge in [0, 0.05) is 22.3 Å². The second-order valence-electron chi connectivity index (χ2n) is 8.06. The maximum absolute atomic E-state index is 13.0. The number of hydrogen-bond donors (Lipinski definition) is 0. The standard InChI is InChI=1S/C27H16ClF3N2O2/c28-20-11-7-17(8-12-20)23-13-16(15-33-25(34)21-3-1-2-4-22(21)26(33)35)14-32-24(23)18-5-9-19(10-6-18)27(29,30)31/h1-14H,15H2. The van der Waals surface area contributed by atoms with Crippen molar-refractivity contribution < 1.29 is 22.8 Å². The third-order valence-corrected chi connectivity index (χ3v) is 6.06. The molecular formula is C27H16ClF3N2O2. The second kappa shape index (κ2) is 8.67. The van der Waals surface area contributed by atoms with E-state index in [1.54, 1.807) is 54.6 Å². The SMILES string of the molecule is O=C1c2ccccc2C(=O)N1Cc1cnc(-c2ccc(C(F)(F)F)cc2)c(-c2ccc(Cl)cc2)c1. The van der Waals surface area contributed by atoms with Crippen molar-refractivity contribution in [2.75, 3.05) is 0 Å². The summed E-state index contributed by atoms with van der Waals surface area (Å²) in [6.45, 7) is 0.00717. The zero-order chi connectivity index (χ0) is 24.7. The zero-order valence-electron chi connectivity index (χ0n) is 18.0. The van der Waals surface area contributed by atoms with E-state index in [1.807, 2.05) is 0 Å². The Balaban J connectivity index is 1.54. The summed E-state index contributed by atoms with van der Waals surface area (Å²) in [7, 11) is 0. The van der Waals surface area contributed by atoms with Crippen LogP contribution in [0.15, 0.2) is 85.1 Å². The molecule has 4 aromatic rings. The van der Waals surface area contributed by atoms with Crippen molar-refractivity contribution in [3.63, 3.8) is 0 Å². The van der Waals surface area contributed by atoms with Crippen LogP contribution in [0, 0.1) is 0 Å². The van der Waals surface area contributed by atoms with Gasteiger partial charge in [0.1, 0.15) is 0 Å². The van der Waals surface area contributed by atoms with E-state index in [4.69, 9.17) is 11.6 Å². The largest absolute Gasteiger partial charge is 0.416 e. The quantitative estimate of drug-likeness (QED) is 0.292. The Hall–Kier alpha value is -3.97. The van der Waals surface area contributed by atoms with Crippen LogP contribution in [0.3, 0.4) is 0 Å². The number of carbonyl (C=O) groups excluding carboxylic acids is 2. The lowest BCUT2D eigenvalue weighted by molar-refractivity contribution is -0.137. The highest BCUT2D eigenvalue weighted by molar-refractivity contribution is 6.30. The van der Waals surface area contributed by atoms with Crippen molar-refractivity contribution in [1.29, 1.82) is 0 Å². The smallest absolute Gasteiger partial charge is 0.270 e. The summed E-state index contributed by atoms with van der Waals surface area (Å²) in [5.74, 6) is -0.768. The number of rotatable bonds is 4. The molecule has 8 heteroatoms. The first-order valence-corrected chi connectivity index (χ1v) is 11.0. The minimum Gasteiger partial charge on any atom is -0.270 e. The Morgan fingerprint density at radius 3 is 1.91 bits per heavy atom. The van der Waals surface area contributed by atoms with Crippen molar-refractivity contribution in [2.24, 2.45) is 0 Å². The van der Waals surface area contributed by atoms with Crippen LogP contribution in [0.5, 0.6) is 0 Å². The third-order valence-electron chi connectivity index (χ3n) is 5.80. The number of benzene rings is 3. The molecule has 0 spiro atoms. The van der Waals surface area contributed by atoms with Crippen LogP contribution in [-0.4, -0.2) is 21.7 Å². The zero-order valence-corrected chi connectivity index (χ0v) is 18.8. The number of nitrogens with zero attached hydrogens (tertiary/aromatic N) is 2. The Morgan fingerprint density at radius 1 is 0.771 bits per heavy atom. The average molecular weight is 493 g/mol. The molecular weight excluding hydrogens is 477 g/mol. The first kappa shape index (κ1) is 22.8. The Labute approximate surface area is 203 Å². The molecule has 174 valence electrons. The average Bonchev–Trinajstić information content (AvgIpc) is 3.09. The molecule has 4 nitrogen and oxygen atoms in total. The molecule has 1 aliphatic heterocycles. The number of halogens is 4. The fourth-order valence-corrected chi connectivity index (χ4v) is 4.18. The number of fused-ring (bicyclic) bond motifs is 1. The van der Waals surface area contributed by atoms with E-state index >= 15 is 0 Å². The van der Waals surface area contributed by atoms with Gasteiger partial charge in [0.05, 0.1) is 28.9 Å². The van der Waals surface area contributed by atoms with Crippen molar-refractivity contribution in [2.45, 2.75) is 12.7 Å². The number of pyridine rings is 1. The Kier molecular flexibility index (Phi) is 5.65. The Morgan fingerprint density at radius 2 is 1.34 bits per heavy atom. The molecule has 0 unspecified atom stereocenters. The number of aromatic nitrogens is 1. The van der Waals surface area contributed by atoms with Crippen LogP contribution in [0.1, 0.15) is 31.8 Å². The normalized spacial score (nSPS) is 13.3. The molecule has 0 saturated carbocycles. The van der Waals surface area contributed by atoms with Gasteiger partial charge in [-0.1, -0.05) is 48.0 Å². The highest BCUT2D eigenvalue weighted by Gasteiger charge is 2.35. The number of hydrogen-bond acceptors (Lipinski definition) is 3. The van der Waals surface area contributed by atoms with Gasteiger partial charge in [0.2, 0.25) is 0 Å². The number of imide groups is 1. The lowest BCUT2D eigenvalue weighted by atomic mass is 9.97. The van der Waals surface area contributed by atoms with E-state index in [9.17, 15) is 22.8 Å². The van der Waals surface area contributed by atoms with Crippen molar-refractivity contribution in [3.05, 3.63) is 112 Å². The van der Waals surface area contributed by atoms with Crippen molar-refractivity contribution in [3.8, 4) is 22.4 Å². The fraction of sp³-hybridized carbons (Fsp3) is 0.0741. The van der Waals surface area contributed by atoms with Crippen LogP contribution in [-0.2, 0) is 12.7 Å². The van der Waals surface area contributed by atoms with E-state index in [0.717, 1.165) is 22.6 Å². The second-order valence-corrected chi connectivity index (χ2v) is 8.50. The topological polar surface area (TPSA) is 50.3 Å². The highest BCUT2D eigenvalue weighted by Crippen LogP contribution is 2.35. The summed E-state index contributed by atoms with van der Waals surface area (Å²) >= 11 is 6.03. The van der Waals surface area contributed by atoms with Crippen LogP contribution in [0.2, 0.25) is 5.02 Å². The van der Waals surface area contributed by atoms with Crippen LogP contribution in [0.25, 0.3) is 22.4 Å². The maximum atomic E-state index is 13.0. The van der Waals surface area contributed by atoms with E-state index < -0.39 is 11.7 Å². The van der Waals surface area contributed by atoms with Gasteiger partial charge in [-0.15, -0.1) is 0 Å². The first-order chi connectivity index (χ1) is 16.7. The molecule has 0 bridgehead atoms. The van der Waals surface area contributed by atoms with Crippen LogP contribution >= 0.6 is 11.6 Å². The molecule has 1 aliphatic rings. The van der Waals surface area contributed by atoms with Gasteiger partial charge >= 0.3 is 6.18 Å². The molecule has 3 aromatic carbocycles. The third kappa shape index (κ3) is 4.31. The van der Waals surface area contributed by atoms with E-state index in [1.165, 1.54) is 18.3 Å². The lowest BCUT2D eigenvalue weighted by Crippen LogP contribution is -2.29. The molecule has 2 heterocycles. The van der Waals surface area contributed by atoms with Crippen molar-refractivity contribution in [1.82, 2.24) is 9.88 Å². The number of carbonyl (C=O) groups is 2. The molecule has 0 N–H and O–H groups in total. The summed E-state index contributed by atoms with van der Waals surface area (Å²) in [6, 6.07) is 20.1. The monoisotopic (exact) mass is 492 g/mol. The predicted molar refractivity (Wildman–Crippen MR) is 126 cm³/mol. The van der Waals surface area contributed by atoms with Gasteiger partial charge in [0.25, 0.3) is 11.8 Å². The molecule has 5 rings (SSSR count). The summed E-state index contributed by atoms with van der Waals surface area (Å²) in [4.78, 5) is 31.2. The van der Waals surface area contributed by atoms with Gasteiger partial charge in [0.15, 0.2) is 0 Å². The summed E-state index contributed by atoms with van der Waals surface area (Å²) in [5, 5.41) is 0.528. The fourth-order valence-electron chi connectivity index (χ4n) is 4.06. The molecule has 0 radical (unpaired) electrons. The van der Waals surface area contributed by atoms with Crippen LogP contribution in [0.4, 0.5) is 13.2 Å². The molecule has 0 atom stereocenters. The maximum Gasteiger partial charge on any atom is 0.416 e. The molecule has 2 amide bonds. The van der Waals surface area contributed by atoms with E-state index in [0.29, 0.717) is 38.5 Å². The van der Waals surface area contributed by atoms with Gasteiger partial charge < -0.3 is 0 Å². The van der Waals surface area contributed by atoms with E-state index in [-0.39, 0.29) is 18.4 Å². The van der Waals surface area contributed by atoms with Gasteiger partial charge in [-0.05, 0) is 53.6 Å². The minimum atomic E-state index is -4.44. The van der Waals surface area contributed by atoms with Gasteiger partial charge in [-0.2, -0.15) is 13.2 Å². The Bertz CT molecular complexity index is 1410. The van der Waals surface area contributed by atoms with Gasteiger partial charge in [-0.25, -0.2) is 0 Å².